The first-order chi connectivity index (χ1) is 39.2. The van der Waals surface area contributed by atoms with Gasteiger partial charge in [-0.05, 0) is 101 Å². The summed E-state index contributed by atoms with van der Waals surface area (Å²) in [5, 5.41) is 21.6. The van der Waals surface area contributed by atoms with E-state index >= 15 is 0 Å². The molecule has 1 amide bonds. The van der Waals surface area contributed by atoms with Crippen LogP contribution in [0, 0.1) is 0 Å². The molecule has 0 aliphatic carbocycles. The van der Waals surface area contributed by atoms with Crippen LogP contribution in [0.15, 0.2) is 146 Å². The van der Waals surface area contributed by atoms with Crippen LogP contribution in [-0.4, -0.2) is 160 Å². The number of likely N-dealkylation sites (tertiary alicyclic amines) is 2. The summed E-state index contributed by atoms with van der Waals surface area (Å²) in [6.45, 7) is 7.35. The number of halogens is 2. The van der Waals surface area contributed by atoms with E-state index in [1.165, 1.54) is 11.1 Å². The number of carboxylic acid groups (broad SMARTS) is 1. The molecule has 0 radical (unpaired) electrons. The highest BCUT2D eigenvalue weighted by Crippen LogP contribution is 2.34. The van der Waals surface area contributed by atoms with Gasteiger partial charge in [-0.15, -0.1) is 0 Å². The van der Waals surface area contributed by atoms with E-state index in [1.807, 2.05) is 113 Å². The predicted octanol–water partition coefficient (Wildman–Crippen LogP) is 11.7. The average Bonchev–Trinajstić information content (AvgIpc) is 4.10. The molecule has 6 heterocycles. The molecule has 0 unspecified atom stereocenters. The molecule has 2 aliphatic heterocycles. The molecule has 0 spiro atoms. The molecule has 4 aromatic carbocycles. The minimum atomic E-state index is -0.892. The fourth-order valence-corrected chi connectivity index (χ4v) is 10.1. The summed E-state index contributed by atoms with van der Waals surface area (Å²) in [5.74, 6) is 0.323. The molecule has 432 valence electrons. The number of para-hydroxylation sites is 2. The van der Waals surface area contributed by atoms with E-state index < -0.39 is 5.97 Å². The number of carbonyl (C=O) groups excluding carboxylic acids is 1. The Balaban J connectivity index is 0.000000206. The Bertz CT molecular complexity index is 3360. The highest BCUT2D eigenvalue weighted by molar-refractivity contribution is 6.33. The number of H-pyrrole nitrogens is 2. The van der Waals surface area contributed by atoms with Crippen LogP contribution >= 0.6 is 23.2 Å². The highest BCUT2D eigenvalue weighted by Gasteiger charge is 2.23. The van der Waals surface area contributed by atoms with Crippen molar-refractivity contribution in [3.63, 3.8) is 0 Å². The van der Waals surface area contributed by atoms with Crippen molar-refractivity contribution in [1.82, 2.24) is 49.5 Å². The number of anilines is 4. The lowest BCUT2D eigenvalue weighted by Gasteiger charge is -2.32. The zero-order chi connectivity index (χ0) is 57.3. The number of piperidine rings is 2. The molecule has 0 saturated carbocycles. The standard InChI is InChI=1S/C31H36ClN7O.C25H27ClN6.C6H11NO2.CH4/c1-37(2)16-6-9-29(40)38(3)24-12-10-22(11-13-24)21-39-17-14-23(15-18-39)35-31-34-20-27(32)30(36-31)26-19-33-28-8-5-4-7-25(26)28;1-27-18-8-6-17(7-9-18)16-32-12-10-19(11-13-32)30-25-29-15-22(26)24(31-25)21-14-28-23-5-3-2-4-20(21)23;1-7(2)5-3-4-6(8)9;/h4-13,19-20,23,33H,14-18,21H2,1-3H3,(H,34,35,36);2-9,14-15,19,27-28H,10-13,16H2,1H3,(H,29,30,31);3-4H,5H2,1-2H3,(H,8,9);1H4/b9-6+;;4-3+;. The smallest absolute Gasteiger partial charge is 0.328 e. The van der Waals surface area contributed by atoms with Crippen LogP contribution in [0.1, 0.15) is 44.2 Å². The van der Waals surface area contributed by atoms with Crippen LogP contribution in [0.5, 0.6) is 0 Å². The van der Waals surface area contributed by atoms with Crippen LogP contribution in [0.25, 0.3) is 44.3 Å². The van der Waals surface area contributed by atoms with Crippen LogP contribution in [0.3, 0.4) is 0 Å². The van der Waals surface area contributed by atoms with E-state index in [9.17, 15) is 9.59 Å². The quantitative estimate of drug-likeness (QED) is 0.0445. The van der Waals surface area contributed by atoms with Gasteiger partial charge in [0.1, 0.15) is 0 Å². The first-order valence-corrected chi connectivity index (χ1v) is 28.1. The van der Waals surface area contributed by atoms with Crippen molar-refractivity contribution >= 4 is 80.2 Å². The Morgan fingerprint density at radius 3 is 1.49 bits per heavy atom. The Morgan fingerprint density at radius 2 is 1.06 bits per heavy atom. The van der Waals surface area contributed by atoms with Crippen LogP contribution in [0.4, 0.5) is 23.3 Å². The summed E-state index contributed by atoms with van der Waals surface area (Å²) in [6.07, 6.45) is 17.7. The van der Waals surface area contributed by atoms with Crippen molar-refractivity contribution in [2.45, 2.75) is 58.3 Å². The number of nitrogens with zero attached hydrogens (tertiary/aromatic N) is 9. The zero-order valence-electron chi connectivity index (χ0n) is 47.0. The molecule has 82 heavy (non-hydrogen) atoms. The fourth-order valence-electron chi connectivity index (χ4n) is 9.71. The second kappa shape index (κ2) is 30.4. The first kappa shape index (κ1) is 62.0. The molecule has 8 aromatic rings. The van der Waals surface area contributed by atoms with Crippen LogP contribution in [0.2, 0.25) is 10.0 Å². The Hall–Kier alpha value is -7.64. The number of nitrogens with one attached hydrogen (secondary N) is 5. The van der Waals surface area contributed by atoms with Gasteiger partial charge in [0.15, 0.2) is 0 Å². The van der Waals surface area contributed by atoms with E-state index in [2.05, 4.69) is 100 Å². The first-order valence-electron chi connectivity index (χ1n) is 27.3. The van der Waals surface area contributed by atoms with Gasteiger partial charge in [0.2, 0.25) is 17.8 Å². The fraction of sp³-hybridized carbons (Fsp3) is 0.333. The van der Waals surface area contributed by atoms with Crippen molar-refractivity contribution in [1.29, 1.82) is 0 Å². The van der Waals surface area contributed by atoms with Gasteiger partial charge in [-0.1, -0.05) is 103 Å². The molecule has 0 atom stereocenters. The number of hydrogen-bond donors (Lipinski definition) is 6. The van der Waals surface area contributed by atoms with E-state index in [4.69, 9.17) is 38.3 Å². The third kappa shape index (κ3) is 17.7. The summed E-state index contributed by atoms with van der Waals surface area (Å²) in [4.78, 5) is 57.9. The number of carbonyl (C=O) groups is 2. The Morgan fingerprint density at radius 1 is 0.634 bits per heavy atom. The molecular formula is C63H78Cl2N14O3. The number of aromatic nitrogens is 6. The number of carboxylic acids is 1. The van der Waals surface area contributed by atoms with Gasteiger partial charge in [0.25, 0.3) is 0 Å². The van der Waals surface area contributed by atoms with Gasteiger partial charge in [0, 0.05) is 147 Å². The average molecular weight is 1150 g/mol. The van der Waals surface area contributed by atoms with Crippen molar-refractivity contribution < 1.29 is 14.7 Å². The summed E-state index contributed by atoms with van der Waals surface area (Å²) >= 11 is 13.0. The van der Waals surface area contributed by atoms with Crippen molar-refractivity contribution in [3.8, 4) is 22.5 Å². The minimum absolute atomic E-state index is 0. The molecule has 2 aliphatic rings. The van der Waals surface area contributed by atoms with Crippen LogP contribution in [-0.2, 0) is 22.7 Å². The summed E-state index contributed by atoms with van der Waals surface area (Å²) in [5.41, 5.74) is 10.2. The molecule has 17 nitrogen and oxygen atoms in total. The topological polar surface area (TPSA) is 190 Å². The third-order valence-electron chi connectivity index (χ3n) is 14.2. The number of hydrogen-bond acceptors (Lipinski definition) is 13. The molecule has 6 N–H and O–H groups in total. The highest BCUT2D eigenvalue weighted by atomic mass is 35.5. The largest absolute Gasteiger partial charge is 0.478 e. The van der Waals surface area contributed by atoms with Crippen molar-refractivity contribution in [2.24, 2.45) is 0 Å². The maximum Gasteiger partial charge on any atom is 0.328 e. The number of fused-ring (bicyclic) bond motifs is 2. The van der Waals surface area contributed by atoms with Crippen molar-refractivity contribution in [2.75, 3.05) is 102 Å². The van der Waals surface area contributed by atoms with Gasteiger partial charge < -0.3 is 45.7 Å². The van der Waals surface area contributed by atoms with E-state index in [1.54, 1.807) is 29.4 Å². The number of rotatable bonds is 18. The van der Waals surface area contributed by atoms with Crippen LogP contribution < -0.4 is 20.9 Å². The molecule has 2 fully saturated rings. The Kier molecular flexibility index (Phi) is 23.0. The maximum atomic E-state index is 12.4. The monoisotopic (exact) mass is 1150 g/mol. The summed E-state index contributed by atoms with van der Waals surface area (Å²) in [7, 11) is 11.5. The number of amides is 1. The molecule has 2 saturated heterocycles. The van der Waals surface area contributed by atoms with Gasteiger partial charge >= 0.3 is 5.97 Å². The van der Waals surface area contributed by atoms with E-state index in [0.29, 0.717) is 40.6 Å². The maximum absolute atomic E-state index is 12.4. The molecular weight excluding hydrogens is 1070 g/mol. The second-order valence-electron chi connectivity index (χ2n) is 20.8. The minimum Gasteiger partial charge on any atom is -0.478 e. The van der Waals surface area contributed by atoms with E-state index in [0.717, 1.165) is 133 Å². The van der Waals surface area contributed by atoms with Gasteiger partial charge in [-0.2, -0.15) is 0 Å². The van der Waals surface area contributed by atoms with Gasteiger partial charge in [-0.3, -0.25) is 14.6 Å². The number of benzene rings is 4. The lowest BCUT2D eigenvalue weighted by atomic mass is 10.0. The second-order valence-corrected chi connectivity index (χ2v) is 21.7. The lowest BCUT2D eigenvalue weighted by Crippen LogP contribution is -2.39. The summed E-state index contributed by atoms with van der Waals surface area (Å²) < 4.78 is 0. The number of likely N-dealkylation sites (N-methyl/N-ethyl adjacent to an activating group) is 3. The predicted molar refractivity (Wildman–Crippen MR) is 338 cm³/mol. The van der Waals surface area contributed by atoms with Crippen molar-refractivity contribution in [3.05, 3.63) is 167 Å². The lowest BCUT2D eigenvalue weighted by molar-refractivity contribution is -0.131. The van der Waals surface area contributed by atoms with Gasteiger partial charge in [0.05, 0.1) is 33.8 Å². The normalized spacial score (nSPS) is 14.4. The number of aliphatic carboxylic acids is 1. The molecule has 4 aromatic heterocycles. The Labute approximate surface area is 492 Å². The summed E-state index contributed by atoms with van der Waals surface area (Å²) in [6, 6.07) is 33.9. The van der Waals surface area contributed by atoms with E-state index in [-0.39, 0.29) is 13.3 Å². The number of aromatic amines is 2. The molecule has 10 rings (SSSR count). The molecule has 0 bridgehead atoms. The zero-order valence-corrected chi connectivity index (χ0v) is 48.6. The van der Waals surface area contributed by atoms with Gasteiger partial charge in [-0.25, -0.2) is 24.7 Å². The SMILES string of the molecule is C.CN(C)C/C=C/C(=O)N(C)c1ccc(CN2CCC(Nc3ncc(Cl)c(-c4c[nH]c5ccccc45)n3)CC2)cc1.CN(C)C/C=C/C(=O)O.CNc1ccc(CN2CCC(Nc3ncc(Cl)c(-c4c[nH]c5ccccc45)n3)CC2)cc1. The molecule has 19 heteroatoms. The third-order valence-corrected chi connectivity index (χ3v) is 14.7.